The van der Waals surface area contributed by atoms with Crippen molar-refractivity contribution in [2.75, 3.05) is 21.3 Å². The fourth-order valence-corrected chi connectivity index (χ4v) is 2.67. The van der Waals surface area contributed by atoms with Gasteiger partial charge in [0.05, 0.1) is 21.3 Å². The van der Waals surface area contributed by atoms with Gasteiger partial charge >= 0.3 is 0 Å². The Kier molecular flexibility index (Phi) is 6.28. The zero-order valence-electron chi connectivity index (χ0n) is 16.7. The first-order chi connectivity index (χ1) is 14.0. The molecule has 0 radical (unpaired) electrons. The summed E-state index contributed by atoms with van der Waals surface area (Å²) in [6.45, 7) is 2.10. The number of hydrogen-bond acceptors (Lipinski definition) is 7. The molecule has 1 heterocycles. The zero-order valence-corrected chi connectivity index (χ0v) is 16.7. The molecule has 1 N–H and O–H groups in total. The minimum absolute atomic E-state index is 0.211. The molecule has 0 aliphatic rings. The van der Waals surface area contributed by atoms with E-state index in [1.165, 1.54) is 4.80 Å². The third kappa shape index (κ3) is 4.63. The minimum Gasteiger partial charge on any atom is -0.497 e. The van der Waals surface area contributed by atoms with Crippen molar-refractivity contribution in [1.29, 1.82) is 0 Å². The standard InChI is InChI=1S/C20H23N5O4/c1-13(20(26)21-12-14-5-8-16(27-2)9-6-14)25-23-19(22-24-25)15-7-10-17(28-3)18(11-15)29-4/h5-11,13H,12H2,1-4H3,(H,21,26)/t13-/m1/s1. The van der Waals surface area contributed by atoms with E-state index in [9.17, 15) is 4.79 Å². The van der Waals surface area contributed by atoms with Crippen LogP contribution in [0.2, 0.25) is 0 Å². The van der Waals surface area contributed by atoms with Crippen LogP contribution in [0, 0.1) is 0 Å². The van der Waals surface area contributed by atoms with Crippen LogP contribution in [0.5, 0.6) is 17.2 Å². The summed E-state index contributed by atoms with van der Waals surface area (Å²) in [5, 5.41) is 15.3. The molecule has 9 nitrogen and oxygen atoms in total. The number of carbonyl (C=O) groups is 1. The number of tetrazole rings is 1. The van der Waals surface area contributed by atoms with Gasteiger partial charge in [-0.2, -0.15) is 4.80 Å². The summed E-state index contributed by atoms with van der Waals surface area (Å²) >= 11 is 0. The molecule has 0 aliphatic carbocycles. The number of carbonyl (C=O) groups excluding carboxylic acids is 1. The second kappa shape index (κ2) is 9.05. The Balaban J connectivity index is 1.66. The molecule has 152 valence electrons. The van der Waals surface area contributed by atoms with E-state index in [0.29, 0.717) is 29.4 Å². The third-order valence-corrected chi connectivity index (χ3v) is 4.42. The number of ether oxygens (including phenoxy) is 3. The van der Waals surface area contributed by atoms with Crippen LogP contribution in [-0.4, -0.2) is 47.4 Å². The van der Waals surface area contributed by atoms with E-state index in [1.54, 1.807) is 46.5 Å². The molecule has 1 amide bonds. The first kappa shape index (κ1) is 20.1. The maximum atomic E-state index is 12.5. The number of amides is 1. The molecule has 0 aliphatic heterocycles. The highest BCUT2D eigenvalue weighted by molar-refractivity contribution is 5.79. The van der Waals surface area contributed by atoms with E-state index in [1.807, 2.05) is 24.3 Å². The van der Waals surface area contributed by atoms with Gasteiger partial charge in [-0.25, -0.2) is 0 Å². The van der Waals surface area contributed by atoms with Gasteiger partial charge in [-0.1, -0.05) is 12.1 Å². The Labute approximate surface area is 168 Å². The van der Waals surface area contributed by atoms with Gasteiger partial charge in [0.1, 0.15) is 11.8 Å². The molecule has 3 rings (SSSR count). The predicted octanol–water partition coefficient (Wildman–Crippen LogP) is 2.24. The number of rotatable bonds is 8. The fraction of sp³-hybridized carbons (Fsp3) is 0.300. The SMILES string of the molecule is COc1ccc(CNC(=O)[C@@H](C)n2nnc(-c3ccc(OC)c(OC)c3)n2)cc1. The average molecular weight is 397 g/mol. The van der Waals surface area contributed by atoms with Gasteiger partial charge in [0, 0.05) is 12.1 Å². The van der Waals surface area contributed by atoms with Crippen LogP contribution in [0.4, 0.5) is 0 Å². The number of benzene rings is 2. The highest BCUT2D eigenvalue weighted by atomic mass is 16.5. The van der Waals surface area contributed by atoms with Gasteiger partial charge in [0.15, 0.2) is 11.5 Å². The molecular weight excluding hydrogens is 374 g/mol. The first-order valence-electron chi connectivity index (χ1n) is 8.98. The molecule has 29 heavy (non-hydrogen) atoms. The van der Waals surface area contributed by atoms with E-state index in [2.05, 4.69) is 20.7 Å². The largest absolute Gasteiger partial charge is 0.497 e. The number of hydrogen-bond donors (Lipinski definition) is 1. The highest BCUT2D eigenvalue weighted by Gasteiger charge is 2.19. The fourth-order valence-electron chi connectivity index (χ4n) is 2.67. The van der Waals surface area contributed by atoms with Gasteiger partial charge in [0.2, 0.25) is 11.7 Å². The van der Waals surface area contributed by atoms with E-state index < -0.39 is 6.04 Å². The van der Waals surface area contributed by atoms with Crippen molar-refractivity contribution in [2.24, 2.45) is 0 Å². The first-order valence-corrected chi connectivity index (χ1v) is 8.98. The van der Waals surface area contributed by atoms with Gasteiger partial charge in [-0.15, -0.1) is 10.2 Å². The summed E-state index contributed by atoms with van der Waals surface area (Å²) < 4.78 is 15.7. The summed E-state index contributed by atoms with van der Waals surface area (Å²) in [5.74, 6) is 2.11. The summed E-state index contributed by atoms with van der Waals surface area (Å²) in [5.41, 5.74) is 1.67. The quantitative estimate of drug-likeness (QED) is 0.622. The van der Waals surface area contributed by atoms with Crippen LogP contribution < -0.4 is 19.5 Å². The highest BCUT2D eigenvalue weighted by Crippen LogP contribution is 2.30. The van der Waals surface area contributed by atoms with Crippen LogP contribution in [-0.2, 0) is 11.3 Å². The van der Waals surface area contributed by atoms with Gasteiger partial charge in [-0.05, 0) is 48.0 Å². The number of methoxy groups -OCH3 is 3. The van der Waals surface area contributed by atoms with Gasteiger partial charge < -0.3 is 19.5 Å². The van der Waals surface area contributed by atoms with Crippen LogP contribution in [0.3, 0.4) is 0 Å². The number of aromatic nitrogens is 4. The third-order valence-electron chi connectivity index (χ3n) is 4.42. The smallest absolute Gasteiger partial charge is 0.246 e. The number of nitrogens with zero attached hydrogens (tertiary/aromatic N) is 4. The molecule has 0 fully saturated rings. The molecular formula is C20H23N5O4. The summed E-state index contributed by atoms with van der Waals surface area (Å²) in [7, 11) is 4.74. The monoisotopic (exact) mass is 397 g/mol. The van der Waals surface area contributed by atoms with Crippen molar-refractivity contribution < 1.29 is 19.0 Å². The lowest BCUT2D eigenvalue weighted by Gasteiger charge is -2.11. The Morgan fingerprint density at radius 1 is 1.03 bits per heavy atom. The van der Waals surface area contributed by atoms with Crippen molar-refractivity contribution in [3.05, 3.63) is 48.0 Å². The van der Waals surface area contributed by atoms with E-state index in [-0.39, 0.29) is 5.91 Å². The lowest BCUT2D eigenvalue weighted by atomic mass is 10.2. The van der Waals surface area contributed by atoms with E-state index in [0.717, 1.165) is 11.3 Å². The lowest BCUT2D eigenvalue weighted by Crippen LogP contribution is -2.31. The Morgan fingerprint density at radius 2 is 1.76 bits per heavy atom. The minimum atomic E-state index is -0.616. The van der Waals surface area contributed by atoms with Crippen molar-refractivity contribution in [1.82, 2.24) is 25.5 Å². The Morgan fingerprint density at radius 3 is 2.41 bits per heavy atom. The molecule has 3 aromatic rings. The summed E-state index contributed by atoms with van der Waals surface area (Å²) in [6.07, 6.45) is 0. The Hall–Kier alpha value is -3.62. The van der Waals surface area contributed by atoms with Crippen molar-refractivity contribution in [2.45, 2.75) is 19.5 Å². The molecule has 1 atom stereocenters. The van der Waals surface area contributed by atoms with Crippen LogP contribution in [0.1, 0.15) is 18.5 Å². The molecule has 0 bridgehead atoms. The maximum Gasteiger partial charge on any atom is 0.246 e. The van der Waals surface area contributed by atoms with Crippen molar-refractivity contribution >= 4 is 5.91 Å². The summed E-state index contributed by atoms with van der Waals surface area (Å²) in [4.78, 5) is 13.8. The van der Waals surface area contributed by atoms with Gasteiger partial charge in [0.25, 0.3) is 0 Å². The molecule has 1 aromatic heterocycles. The second-order valence-electron chi connectivity index (χ2n) is 6.25. The lowest BCUT2D eigenvalue weighted by molar-refractivity contribution is -0.124. The molecule has 0 saturated heterocycles. The van der Waals surface area contributed by atoms with Crippen LogP contribution in [0.15, 0.2) is 42.5 Å². The van der Waals surface area contributed by atoms with Crippen LogP contribution >= 0.6 is 0 Å². The van der Waals surface area contributed by atoms with E-state index >= 15 is 0 Å². The topological polar surface area (TPSA) is 100 Å². The maximum absolute atomic E-state index is 12.5. The van der Waals surface area contributed by atoms with Crippen LogP contribution in [0.25, 0.3) is 11.4 Å². The predicted molar refractivity (Wildman–Crippen MR) is 106 cm³/mol. The molecule has 9 heteroatoms. The molecule has 0 unspecified atom stereocenters. The molecule has 2 aromatic carbocycles. The van der Waals surface area contributed by atoms with E-state index in [4.69, 9.17) is 14.2 Å². The average Bonchev–Trinajstić information content (AvgIpc) is 3.27. The van der Waals surface area contributed by atoms with Crippen molar-refractivity contribution in [3.63, 3.8) is 0 Å². The van der Waals surface area contributed by atoms with Gasteiger partial charge in [-0.3, -0.25) is 4.79 Å². The van der Waals surface area contributed by atoms with Crippen molar-refractivity contribution in [3.8, 4) is 28.6 Å². The second-order valence-corrected chi connectivity index (χ2v) is 6.25. The zero-order chi connectivity index (χ0) is 20.8. The molecule has 0 spiro atoms. The number of nitrogens with one attached hydrogen (secondary N) is 1. The Bertz CT molecular complexity index is 971. The normalized spacial score (nSPS) is 11.6. The summed E-state index contributed by atoms with van der Waals surface area (Å²) in [6, 6.07) is 12.2. The molecule has 0 saturated carbocycles.